The van der Waals surface area contributed by atoms with Gasteiger partial charge in [-0.15, -0.1) is 0 Å². The summed E-state index contributed by atoms with van der Waals surface area (Å²) in [6, 6.07) is 8.11. The first-order chi connectivity index (χ1) is 8.93. The van der Waals surface area contributed by atoms with Crippen LogP contribution in [0.3, 0.4) is 0 Å². The molecule has 0 spiro atoms. The number of hydrogen-bond acceptors (Lipinski definition) is 5. The Labute approximate surface area is 118 Å². The first-order valence-corrected chi connectivity index (χ1v) is 7.06. The molecular weight excluding hydrogens is 256 g/mol. The van der Waals surface area contributed by atoms with Crippen molar-refractivity contribution in [2.24, 2.45) is 5.73 Å². The molecule has 0 saturated heterocycles. The molecule has 0 amide bonds. The van der Waals surface area contributed by atoms with E-state index in [1.165, 1.54) is 11.5 Å². The zero-order valence-corrected chi connectivity index (χ0v) is 12.7. The monoisotopic (exact) mass is 276 g/mol. The molecule has 0 saturated carbocycles. The Kier molecular flexibility index (Phi) is 3.87. The second-order valence-corrected chi connectivity index (χ2v) is 6.27. The fraction of sp³-hybridized carbons (Fsp3) is 0.429. The van der Waals surface area contributed by atoms with Gasteiger partial charge in [-0.05, 0) is 11.6 Å². The average Bonchev–Trinajstić information content (AvgIpc) is 2.87. The summed E-state index contributed by atoms with van der Waals surface area (Å²) in [7, 11) is 2.00. The molecule has 102 valence electrons. The van der Waals surface area contributed by atoms with Gasteiger partial charge in [-0.1, -0.05) is 39.0 Å². The lowest BCUT2D eigenvalue weighted by Crippen LogP contribution is -2.16. The van der Waals surface area contributed by atoms with Crippen LogP contribution in [0.5, 0.6) is 0 Å². The number of nitrogens with two attached hydrogens (primary N) is 1. The van der Waals surface area contributed by atoms with Gasteiger partial charge >= 0.3 is 0 Å². The molecule has 0 radical (unpaired) electrons. The number of hydrogen-bond donors (Lipinski definition) is 1. The summed E-state index contributed by atoms with van der Waals surface area (Å²) < 4.78 is 4.45. The molecule has 0 unspecified atom stereocenters. The van der Waals surface area contributed by atoms with Crippen molar-refractivity contribution >= 4 is 22.4 Å². The van der Waals surface area contributed by atoms with E-state index in [1.807, 2.05) is 25.2 Å². The molecule has 1 aromatic carbocycles. The fourth-order valence-electron chi connectivity index (χ4n) is 1.77. The highest BCUT2D eigenvalue weighted by Crippen LogP contribution is 2.30. The maximum absolute atomic E-state index is 5.78. The Morgan fingerprint density at radius 2 is 1.95 bits per heavy atom. The molecule has 19 heavy (non-hydrogen) atoms. The Morgan fingerprint density at radius 3 is 2.53 bits per heavy atom. The highest BCUT2D eigenvalue weighted by atomic mass is 32.1. The Hall–Kier alpha value is -1.46. The van der Waals surface area contributed by atoms with Crippen molar-refractivity contribution in [3.8, 4) is 0 Å². The third kappa shape index (κ3) is 2.93. The van der Waals surface area contributed by atoms with Gasteiger partial charge in [-0.25, -0.2) is 4.98 Å². The third-order valence-electron chi connectivity index (χ3n) is 2.95. The van der Waals surface area contributed by atoms with Gasteiger partial charge in [0.1, 0.15) is 5.82 Å². The van der Waals surface area contributed by atoms with E-state index in [9.17, 15) is 0 Å². The maximum atomic E-state index is 5.78. The van der Waals surface area contributed by atoms with E-state index < -0.39 is 0 Å². The zero-order chi connectivity index (χ0) is 14.0. The quantitative estimate of drug-likeness (QED) is 0.936. The molecule has 1 heterocycles. The van der Waals surface area contributed by atoms with Gasteiger partial charge in [-0.2, -0.15) is 4.37 Å². The van der Waals surface area contributed by atoms with E-state index in [0.717, 1.165) is 22.2 Å². The Bertz CT molecular complexity index is 557. The van der Waals surface area contributed by atoms with Crippen LogP contribution in [0.2, 0.25) is 0 Å². The highest BCUT2D eigenvalue weighted by molar-refractivity contribution is 7.09. The molecule has 0 fully saturated rings. The van der Waals surface area contributed by atoms with Crippen LogP contribution >= 0.6 is 11.5 Å². The summed E-state index contributed by atoms with van der Waals surface area (Å²) in [5.74, 6) is 0.879. The van der Waals surface area contributed by atoms with Gasteiger partial charge in [0, 0.05) is 36.2 Å². The van der Waals surface area contributed by atoms with E-state index in [-0.39, 0.29) is 5.41 Å². The number of aromatic nitrogens is 2. The molecule has 1 aromatic heterocycles. The van der Waals surface area contributed by atoms with E-state index in [1.54, 1.807) is 0 Å². The van der Waals surface area contributed by atoms with Crippen molar-refractivity contribution in [3.63, 3.8) is 0 Å². The fourth-order valence-corrected chi connectivity index (χ4v) is 2.60. The molecule has 2 rings (SSSR count). The minimum absolute atomic E-state index is 0.0248. The van der Waals surface area contributed by atoms with Gasteiger partial charge in [-0.3, -0.25) is 0 Å². The lowest BCUT2D eigenvalue weighted by Gasteiger charge is -2.19. The summed E-state index contributed by atoms with van der Waals surface area (Å²) in [6.45, 7) is 6.87. The predicted octanol–water partition coefficient (Wildman–Crippen LogP) is 3.06. The summed E-state index contributed by atoms with van der Waals surface area (Å²) >= 11 is 1.42. The van der Waals surface area contributed by atoms with Gasteiger partial charge in [0.25, 0.3) is 0 Å². The number of para-hydroxylation sites is 1. The second kappa shape index (κ2) is 5.27. The molecule has 0 aliphatic heterocycles. The largest absolute Gasteiger partial charge is 0.326 e. The number of nitrogens with zero attached hydrogens (tertiary/aromatic N) is 3. The smallest absolute Gasteiger partial charge is 0.209 e. The average molecular weight is 276 g/mol. The summed E-state index contributed by atoms with van der Waals surface area (Å²) in [5.41, 5.74) is 7.95. The Morgan fingerprint density at radius 1 is 1.26 bits per heavy atom. The first-order valence-electron chi connectivity index (χ1n) is 6.29. The van der Waals surface area contributed by atoms with Crippen LogP contribution in [0.15, 0.2) is 24.3 Å². The van der Waals surface area contributed by atoms with E-state index in [2.05, 4.69) is 41.1 Å². The van der Waals surface area contributed by atoms with Crippen molar-refractivity contribution in [1.82, 2.24) is 9.36 Å². The maximum Gasteiger partial charge on any atom is 0.209 e. The molecule has 2 aromatic rings. The molecule has 2 N–H and O–H groups in total. The van der Waals surface area contributed by atoms with Crippen LogP contribution in [0.1, 0.15) is 32.2 Å². The van der Waals surface area contributed by atoms with E-state index in [4.69, 9.17) is 5.73 Å². The lowest BCUT2D eigenvalue weighted by molar-refractivity contribution is 0.555. The molecular formula is C14H20N4S. The Balaban J connectivity index is 2.34. The summed E-state index contributed by atoms with van der Waals surface area (Å²) in [5, 5.41) is 0.894. The lowest BCUT2D eigenvalue weighted by atomic mass is 9.96. The molecule has 5 heteroatoms. The van der Waals surface area contributed by atoms with Crippen molar-refractivity contribution in [2.75, 3.05) is 11.9 Å². The highest BCUT2D eigenvalue weighted by Gasteiger charge is 2.21. The summed E-state index contributed by atoms with van der Waals surface area (Å²) in [4.78, 5) is 6.68. The van der Waals surface area contributed by atoms with Crippen LogP contribution < -0.4 is 10.6 Å². The van der Waals surface area contributed by atoms with Crippen molar-refractivity contribution in [3.05, 3.63) is 35.7 Å². The third-order valence-corrected chi connectivity index (χ3v) is 3.74. The summed E-state index contributed by atoms with van der Waals surface area (Å²) in [6.07, 6.45) is 0. The van der Waals surface area contributed by atoms with Crippen molar-refractivity contribution in [1.29, 1.82) is 0 Å². The van der Waals surface area contributed by atoms with Crippen LogP contribution in [0.4, 0.5) is 10.8 Å². The van der Waals surface area contributed by atoms with E-state index in [0.29, 0.717) is 6.54 Å². The van der Waals surface area contributed by atoms with Crippen LogP contribution in [0, 0.1) is 0 Å². The zero-order valence-electron chi connectivity index (χ0n) is 11.8. The van der Waals surface area contributed by atoms with Gasteiger partial charge < -0.3 is 10.6 Å². The van der Waals surface area contributed by atoms with E-state index >= 15 is 0 Å². The van der Waals surface area contributed by atoms with Crippen LogP contribution in [-0.4, -0.2) is 16.4 Å². The number of benzene rings is 1. The first kappa shape index (κ1) is 14.0. The topological polar surface area (TPSA) is 55.0 Å². The minimum Gasteiger partial charge on any atom is -0.326 e. The molecule has 0 atom stereocenters. The van der Waals surface area contributed by atoms with Crippen LogP contribution in [0.25, 0.3) is 0 Å². The molecule has 0 aliphatic rings. The molecule has 0 bridgehead atoms. The molecule has 4 nitrogen and oxygen atoms in total. The van der Waals surface area contributed by atoms with Gasteiger partial charge in [0.15, 0.2) is 0 Å². The van der Waals surface area contributed by atoms with Gasteiger partial charge in [0.2, 0.25) is 5.13 Å². The predicted molar refractivity (Wildman–Crippen MR) is 81.0 cm³/mol. The van der Waals surface area contributed by atoms with Crippen molar-refractivity contribution < 1.29 is 0 Å². The van der Waals surface area contributed by atoms with Gasteiger partial charge in [0.05, 0.1) is 0 Å². The van der Waals surface area contributed by atoms with Crippen molar-refractivity contribution in [2.45, 2.75) is 32.7 Å². The SMILES string of the molecule is CN(c1nc(C(C)(C)C)ns1)c1ccccc1CN. The standard InChI is InChI=1S/C14H20N4S/c1-14(2,3)12-16-13(19-17-12)18(4)11-8-6-5-7-10(11)9-15/h5-8H,9,15H2,1-4H3. The normalized spacial score (nSPS) is 11.6. The minimum atomic E-state index is -0.0248. The van der Waals surface area contributed by atoms with Crippen LogP contribution in [-0.2, 0) is 12.0 Å². The number of anilines is 2. The number of rotatable bonds is 3. The molecule has 0 aliphatic carbocycles. The second-order valence-electron chi connectivity index (χ2n) is 5.54.